The summed E-state index contributed by atoms with van der Waals surface area (Å²) in [6, 6.07) is 13.0. The summed E-state index contributed by atoms with van der Waals surface area (Å²) in [6.07, 6.45) is 0. The van der Waals surface area contributed by atoms with Crippen LogP contribution in [0, 0.1) is 5.82 Å². The topological polar surface area (TPSA) is 49.9 Å². The van der Waals surface area contributed by atoms with Crippen LogP contribution in [0.15, 0.2) is 53.4 Å². The van der Waals surface area contributed by atoms with Crippen LogP contribution in [0.5, 0.6) is 5.75 Å². The van der Waals surface area contributed by atoms with Crippen molar-refractivity contribution in [2.75, 3.05) is 32.8 Å². The van der Waals surface area contributed by atoms with Gasteiger partial charge in [-0.15, -0.1) is 12.4 Å². The Morgan fingerprint density at radius 3 is 2.30 bits per heavy atom. The molecule has 1 heterocycles. The maximum Gasteiger partial charge on any atom is 0.243 e. The second-order valence-corrected chi connectivity index (χ2v) is 8.15. The number of hydrogen-bond donors (Lipinski definition) is 0. The van der Waals surface area contributed by atoms with Crippen LogP contribution in [0.25, 0.3) is 0 Å². The lowest BCUT2D eigenvalue weighted by Crippen LogP contribution is -2.48. The van der Waals surface area contributed by atoms with Gasteiger partial charge in [-0.25, -0.2) is 12.8 Å². The van der Waals surface area contributed by atoms with Crippen molar-refractivity contribution < 1.29 is 17.5 Å². The summed E-state index contributed by atoms with van der Waals surface area (Å²) in [4.78, 5) is 2.42. The SMILES string of the molecule is CCOc1ccc(S(=O)(=O)N2CCN(Cc3cccc(F)c3)CC2)cc1.Cl. The molecule has 1 fully saturated rings. The lowest BCUT2D eigenvalue weighted by molar-refractivity contribution is 0.181. The van der Waals surface area contributed by atoms with Crippen LogP contribution in [0.2, 0.25) is 0 Å². The Balaban J connectivity index is 0.00000261. The van der Waals surface area contributed by atoms with Crippen molar-refractivity contribution in [3.63, 3.8) is 0 Å². The molecule has 0 unspecified atom stereocenters. The van der Waals surface area contributed by atoms with Crippen molar-refractivity contribution in [3.8, 4) is 5.75 Å². The zero-order chi connectivity index (χ0) is 18.6. The summed E-state index contributed by atoms with van der Waals surface area (Å²) in [5.41, 5.74) is 0.896. The molecule has 0 amide bonds. The third-order valence-electron chi connectivity index (χ3n) is 4.40. The first-order chi connectivity index (χ1) is 12.5. The average Bonchev–Trinajstić information content (AvgIpc) is 2.63. The van der Waals surface area contributed by atoms with E-state index in [0.717, 1.165) is 5.56 Å². The molecule has 0 spiro atoms. The minimum Gasteiger partial charge on any atom is -0.494 e. The highest BCUT2D eigenvalue weighted by molar-refractivity contribution is 7.89. The molecule has 3 rings (SSSR count). The second-order valence-electron chi connectivity index (χ2n) is 6.21. The summed E-state index contributed by atoms with van der Waals surface area (Å²) in [5, 5.41) is 0. The molecule has 0 aromatic heterocycles. The number of nitrogens with zero attached hydrogens (tertiary/aromatic N) is 2. The Labute approximate surface area is 166 Å². The fourth-order valence-electron chi connectivity index (χ4n) is 3.05. The van der Waals surface area contributed by atoms with Gasteiger partial charge < -0.3 is 4.74 Å². The molecule has 0 bridgehead atoms. The van der Waals surface area contributed by atoms with E-state index < -0.39 is 10.0 Å². The van der Waals surface area contributed by atoms with Gasteiger partial charge in [-0.3, -0.25) is 4.90 Å². The molecular formula is C19H24ClFN2O3S. The Morgan fingerprint density at radius 1 is 1.04 bits per heavy atom. The van der Waals surface area contributed by atoms with E-state index >= 15 is 0 Å². The number of piperazine rings is 1. The standard InChI is InChI=1S/C19H23FN2O3S.ClH/c1-2-25-18-6-8-19(9-7-18)26(23,24)22-12-10-21(11-13-22)15-16-4-3-5-17(20)14-16;/h3-9,14H,2,10-13,15H2,1H3;1H. The first-order valence-electron chi connectivity index (χ1n) is 8.69. The lowest BCUT2D eigenvalue weighted by atomic mass is 10.2. The second kappa shape index (κ2) is 9.50. The quantitative estimate of drug-likeness (QED) is 0.728. The predicted molar refractivity (Wildman–Crippen MR) is 105 cm³/mol. The molecule has 0 aliphatic carbocycles. The monoisotopic (exact) mass is 414 g/mol. The van der Waals surface area contributed by atoms with E-state index in [1.807, 2.05) is 13.0 Å². The molecule has 1 saturated heterocycles. The summed E-state index contributed by atoms with van der Waals surface area (Å²) in [6.45, 7) is 5.12. The van der Waals surface area contributed by atoms with E-state index in [0.29, 0.717) is 45.1 Å². The number of rotatable bonds is 6. The fourth-order valence-corrected chi connectivity index (χ4v) is 4.47. The summed E-state index contributed by atoms with van der Waals surface area (Å²) < 4.78 is 45.7. The van der Waals surface area contributed by atoms with Gasteiger partial charge in [0.2, 0.25) is 10.0 Å². The Kier molecular flexibility index (Phi) is 7.61. The van der Waals surface area contributed by atoms with Crippen LogP contribution in [0.4, 0.5) is 4.39 Å². The minimum atomic E-state index is -3.51. The van der Waals surface area contributed by atoms with Crippen molar-refractivity contribution in [2.45, 2.75) is 18.4 Å². The summed E-state index contributed by atoms with van der Waals surface area (Å²) >= 11 is 0. The number of hydrogen-bond acceptors (Lipinski definition) is 4. The smallest absolute Gasteiger partial charge is 0.243 e. The van der Waals surface area contributed by atoms with Gasteiger partial charge in [0.25, 0.3) is 0 Å². The fraction of sp³-hybridized carbons (Fsp3) is 0.368. The summed E-state index contributed by atoms with van der Waals surface area (Å²) in [7, 11) is -3.51. The lowest BCUT2D eigenvalue weighted by Gasteiger charge is -2.34. The molecule has 8 heteroatoms. The average molecular weight is 415 g/mol. The van der Waals surface area contributed by atoms with E-state index in [9.17, 15) is 12.8 Å². The van der Waals surface area contributed by atoms with Crippen molar-refractivity contribution in [1.29, 1.82) is 0 Å². The third kappa shape index (κ3) is 5.42. The Bertz CT molecular complexity index is 838. The van der Waals surface area contributed by atoms with Gasteiger partial charge in [-0.1, -0.05) is 12.1 Å². The predicted octanol–water partition coefficient (Wildman–Crippen LogP) is 3.15. The number of halogens is 2. The molecule has 148 valence electrons. The van der Waals surface area contributed by atoms with E-state index in [1.165, 1.54) is 16.4 Å². The minimum absolute atomic E-state index is 0. The molecular weight excluding hydrogens is 391 g/mol. The van der Waals surface area contributed by atoms with Gasteiger partial charge in [-0.2, -0.15) is 4.31 Å². The molecule has 1 aliphatic rings. The molecule has 0 saturated carbocycles. The van der Waals surface area contributed by atoms with Crippen LogP contribution in [-0.4, -0.2) is 50.4 Å². The molecule has 5 nitrogen and oxygen atoms in total. The highest BCUT2D eigenvalue weighted by atomic mass is 35.5. The number of benzene rings is 2. The van der Waals surface area contributed by atoms with Gasteiger partial charge in [-0.05, 0) is 48.9 Å². The normalized spacial score (nSPS) is 15.9. The summed E-state index contributed by atoms with van der Waals surface area (Å²) in [5.74, 6) is 0.408. The molecule has 0 radical (unpaired) electrons. The van der Waals surface area contributed by atoms with Crippen molar-refractivity contribution in [2.24, 2.45) is 0 Å². The van der Waals surface area contributed by atoms with E-state index in [2.05, 4.69) is 4.90 Å². The number of ether oxygens (including phenoxy) is 1. The van der Waals surface area contributed by atoms with Gasteiger partial charge in [0.15, 0.2) is 0 Å². The highest BCUT2D eigenvalue weighted by Gasteiger charge is 2.28. The van der Waals surface area contributed by atoms with E-state index in [-0.39, 0.29) is 23.1 Å². The van der Waals surface area contributed by atoms with Crippen LogP contribution in [0.1, 0.15) is 12.5 Å². The van der Waals surface area contributed by atoms with Crippen molar-refractivity contribution >= 4 is 22.4 Å². The van der Waals surface area contributed by atoms with Gasteiger partial charge in [0, 0.05) is 32.7 Å². The van der Waals surface area contributed by atoms with E-state index in [4.69, 9.17) is 4.74 Å². The Hall–Kier alpha value is -1.67. The van der Waals surface area contributed by atoms with Crippen molar-refractivity contribution in [1.82, 2.24) is 9.21 Å². The molecule has 2 aromatic carbocycles. The maximum absolute atomic E-state index is 13.3. The van der Waals surface area contributed by atoms with Gasteiger partial charge in [0.1, 0.15) is 11.6 Å². The van der Waals surface area contributed by atoms with Crippen molar-refractivity contribution in [3.05, 3.63) is 59.9 Å². The molecule has 2 aromatic rings. The van der Waals surface area contributed by atoms with Crippen LogP contribution < -0.4 is 4.74 Å². The van der Waals surface area contributed by atoms with E-state index in [1.54, 1.807) is 30.3 Å². The molecule has 1 aliphatic heterocycles. The zero-order valence-corrected chi connectivity index (χ0v) is 16.8. The van der Waals surface area contributed by atoms with Crippen LogP contribution in [0.3, 0.4) is 0 Å². The van der Waals surface area contributed by atoms with Gasteiger partial charge >= 0.3 is 0 Å². The number of sulfonamides is 1. The third-order valence-corrected chi connectivity index (χ3v) is 6.31. The highest BCUT2D eigenvalue weighted by Crippen LogP contribution is 2.21. The molecule has 27 heavy (non-hydrogen) atoms. The Morgan fingerprint density at radius 2 is 1.70 bits per heavy atom. The van der Waals surface area contributed by atoms with Crippen LogP contribution in [-0.2, 0) is 16.6 Å². The first-order valence-corrected chi connectivity index (χ1v) is 10.1. The van der Waals surface area contributed by atoms with Gasteiger partial charge in [0.05, 0.1) is 11.5 Å². The van der Waals surface area contributed by atoms with Crippen LogP contribution >= 0.6 is 12.4 Å². The largest absolute Gasteiger partial charge is 0.494 e. The first kappa shape index (κ1) is 21.6. The zero-order valence-electron chi connectivity index (χ0n) is 15.2. The molecule has 0 N–H and O–H groups in total. The molecule has 0 atom stereocenters. The maximum atomic E-state index is 13.3.